The van der Waals surface area contributed by atoms with Crippen LogP contribution in [0.4, 0.5) is 0 Å². The molecule has 3 unspecified atom stereocenters. The molecule has 0 aromatic heterocycles. The van der Waals surface area contributed by atoms with Gasteiger partial charge in [0.05, 0.1) is 17.6 Å². The second-order valence-electron chi connectivity index (χ2n) is 8.92. The van der Waals surface area contributed by atoms with Gasteiger partial charge in [0, 0.05) is 17.2 Å². The summed E-state index contributed by atoms with van der Waals surface area (Å²) in [6.07, 6.45) is 0.298. The molecule has 0 amide bonds. The molecule has 1 saturated carbocycles. The summed E-state index contributed by atoms with van der Waals surface area (Å²) in [5, 5.41) is 33.2. The first-order valence-electron chi connectivity index (χ1n) is 9.59. The minimum Gasteiger partial charge on any atom is -0.486 e. The Morgan fingerprint density at radius 1 is 1.25 bits per heavy atom. The van der Waals surface area contributed by atoms with E-state index in [0.29, 0.717) is 30.7 Å². The number of hydrogen-bond donors (Lipinski definition) is 4. The molecule has 9 heteroatoms. The van der Waals surface area contributed by atoms with Gasteiger partial charge in [-0.25, -0.2) is 0 Å². The highest BCUT2D eigenvalue weighted by molar-refractivity contribution is 7.85. The third kappa shape index (κ3) is 2.09. The Labute approximate surface area is 163 Å². The van der Waals surface area contributed by atoms with Crippen molar-refractivity contribution in [3.63, 3.8) is 0 Å². The van der Waals surface area contributed by atoms with Gasteiger partial charge in [0.2, 0.25) is 0 Å². The summed E-state index contributed by atoms with van der Waals surface area (Å²) in [5.74, 6) is -0.400. The minimum atomic E-state index is -4.47. The monoisotopic (exact) mass is 411 g/mol. The molecule has 2 aliphatic carbocycles. The Bertz CT molecular complexity index is 965. The van der Waals surface area contributed by atoms with Crippen molar-refractivity contribution >= 4 is 10.1 Å². The molecule has 4 N–H and O–H groups in total. The van der Waals surface area contributed by atoms with E-state index in [0.717, 1.165) is 11.1 Å². The number of nitrogens with zero attached hydrogens (tertiary/aromatic N) is 1. The summed E-state index contributed by atoms with van der Waals surface area (Å²) in [6.45, 7) is 0.404. The van der Waals surface area contributed by atoms with E-state index in [2.05, 4.69) is 4.90 Å². The highest BCUT2D eigenvalue weighted by Crippen LogP contribution is 2.66. The first kappa shape index (κ1) is 18.8. The number of hydrogen-bond acceptors (Lipinski definition) is 7. The zero-order valence-corrected chi connectivity index (χ0v) is 16.4. The lowest BCUT2D eigenvalue weighted by Gasteiger charge is -2.65. The maximum absolute atomic E-state index is 12.0. The Balaban J connectivity index is 1.79. The summed E-state index contributed by atoms with van der Waals surface area (Å²) in [4.78, 5) is 2.12. The van der Waals surface area contributed by atoms with Gasteiger partial charge in [0.25, 0.3) is 10.1 Å². The smallest absolute Gasteiger partial charge is 0.267 e. The molecular formula is C19H25NO7S. The zero-order valence-electron chi connectivity index (χ0n) is 15.6. The SMILES string of the molecule is CN1CCC23c4c5ccc(CO)c4O[C@H]2C(O)(CS(=O)(=O)O)CC[C@@]3(O)C1C5. The normalized spacial score (nSPS) is 41.5. The van der Waals surface area contributed by atoms with Crippen molar-refractivity contribution in [2.24, 2.45) is 0 Å². The third-order valence-corrected chi connectivity index (χ3v) is 8.48. The van der Waals surface area contributed by atoms with Crippen LogP contribution < -0.4 is 4.74 Å². The molecule has 4 aliphatic rings. The number of benzene rings is 1. The number of likely N-dealkylation sites (N-methyl/N-ethyl adjacent to an activating group) is 1. The Kier molecular flexibility index (Phi) is 3.67. The lowest BCUT2D eigenvalue weighted by atomic mass is 9.47. The molecule has 2 fully saturated rings. The van der Waals surface area contributed by atoms with Gasteiger partial charge in [-0.2, -0.15) is 8.42 Å². The average Bonchev–Trinajstić information content (AvgIpc) is 2.96. The van der Waals surface area contributed by atoms with Crippen LogP contribution in [0.3, 0.4) is 0 Å². The fourth-order valence-electron chi connectivity index (χ4n) is 6.51. The Hall–Kier alpha value is -1.23. The topological polar surface area (TPSA) is 128 Å². The highest BCUT2D eigenvalue weighted by Gasteiger charge is 2.75. The Morgan fingerprint density at radius 2 is 2.00 bits per heavy atom. The van der Waals surface area contributed by atoms with E-state index < -0.39 is 38.6 Å². The van der Waals surface area contributed by atoms with Crippen LogP contribution in [0.15, 0.2) is 12.1 Å². The first-order chi connectivity index (χ1) is 13.1. The van der Waals surface area contributed by atoms with Crippen molar-refractivity contribution < 1.29 is 33.0 Å². The van der Waals surface area contributed by atoms with Gasteiger partial charge in [-0.15, -0.1) is 0 Å². The summed E-state index contributed by atoms with van der Waals surface area (Å²) < 4.78 is 39.0. The fraction of sp³-hybridized carbons (Fsp3) is 0.684. The molecule has 0 radical (unpaired) electrons. The van der Waals surface area contributed by atoms with Crippen molar-refractivity contribution in [1.29, 1.82) is 0 Å². The van der Waals surface area contributed by atoms with Crippen LogP contribution in [0.2, 0.25) is 0 Å². The van der Waals surface area contributed by atoms with Gasteiger partial charge < -0.3 is 25.0 Å². The van der Waals surface area contributed by atoms with Crippen molar-refractivity contribution in [2.45, 2.75) is 61.1 Å². The molecule has 5 atom stereocenters. The number of ether oxygens (including phenoxy) is 1. The molecule has 5 rings (SSSR count). The molecule has 8 nitrogen and oxygen atoms in total. The standard InChI is InChI=1S/C19H25NO7S/c1-20-7-6-18-14-11-2-3-12(9-21)15(14)27-16(18)17(22,10-28(24,25)26)4-5-19(18,23)13(20)8-11/h2-3,13,16,21-23H,4-10H2,1H3,(H,24,25,26)/t13?,16-,17?,18?,19+/m0/s1. The van der Waals surface area contributed by atoms with Gasteiger partial charge in [-0.05, 0) is 44.8 Å². The number of rotatable bonds is 3. The number of aliphatic hydroxyl groups excluding tert-OH is 1. The van der Waals surface area contributed by atoms with Gasteiger partial charge >= 0.3 is 0 Å². The predicted molar refractivity (Wildman–Crippen MR) is 98.7 cm³/mol. The summed E-state index contributed by atoms with van der Waals surface area (Å²) in [6, 6.07) is 3.53. The molecule has 1 aromatic carbocycles. The van der Waals surface area contributed by atoms with Gasteiger partial charge in [-0.1, -0.05) is 12.1 Å². The van der Waals surface area contributed by atoms with Crippen LogP contribution in [-0.4, -0.2) is 75.9 Å². The van der Waals surface area contributed by atoms with E-state index in [-0.39, 0.29) is 25.5 Å². The van der Waals surface area contributed by atoms with Crippen LogP contribution in [0.1, 0.15) is 36.0 Å². The first-order valence-corrected chi connectivity index (χ1v) is 11.2. The quantitative estimate of drug-likeness (QED) is 0.494. The number of aliphatic hydroxyl groups is 3. The third-order valence-electron chi connectivity index (χ3n) is 7.61. The van der Waals surface area contributed by atoms with E-state index >= 15 is 0 Å². The molecule has 1 aromatic rings. The van der Waals surface area contributed by atoms with Gasteiger partial charge in [0.1, 0.15) is 23.2 Å². The fourth-order valence-corrected chi connectivity index (χ4v) is 7.44. The van der Waals surface area contributed by atoms with E-state index in [4.69, 9.17) is 4.74 Å². The average molecular weight is 411 g/mol. The summed E-state index contributed by atoms with van der Waals surface area (Å²) in [5.41, 5.74) is -1.66. The largest absolute Gasteiger partial charge is 0.486 e. The van der Waals surface area contributed by atoms with E-state index in [1.54, 1.807) is 6.07 Å². The van der Waals surface area contributed by atoms with E-state index in [9.17, 15) is 28.3 Å². The summed E-state index contributed by atoms with van der Waals surface area (Å²) >= 11 is 0. The molecule has 28 heavy (non-hydrogen) atoms. The van der Waals surface area contributed by atoms with Crippen molar-refractivity contribution in [3.8, 4) is 5.75 Å². The van der Waals surface area contributed by atoms with Crippen LogP contribution in [0.25, 0.3) is 0 Å². The van der Waals surface area contributed by atoms with Gasteiger partial charge in [0.15, 0.2) is 0 Å². The van der Waals surface area contributed by atoms with Crippen LogP contribution in [0.5, 0.6) is 5.75 Å². The maximum Gasteiger partial charge on any atom is 0.267 e. The maximum atomic E-state index is 12.0. The Morgan fingerprint density at radius 3 is 2.68 bits per heavy atom. The molecule has 1 spiro atoms. The van der Waals surface area contributed by atoms with Gasteiger partial charge in [-0.3, -0.25) is 4.55 Å². The van der Waals surface area contributed by atoms with Crippen LogP contribution in [0, 0.1) is 0 Å². The minimum absolute atomic E-state index is 0.00216. The van der Waals surface area contributed by atoms with E-state index in [1.165, 1.54) is 0 Å². The molecule has 1 saturated heterocycles. The van der Waals surface area contributed by atoms with E-state index in [1.807, 2.05) is 13.1 Å². The van der Waals surface area contributed by atoms with Crippen LogP contribution in [-0.2, 0) is 28.6 Å². The lowest BCUT2D eigenvalue weighted by molar-refractivity contribution is -0.227. The van der Waals surface area contributed by atoms with Crippen molar-refractivity contribution in [1.82, 2.24) is 4.90 Å². The number of likely N-dealkylation sites (tertiary alicyclic amines) is 1. The second-order valence-corrected chi connectivity index (χ2v) is 10.4. The highest BCUT2D eigenvalue weighted by atomic mass is 32.2. The predicted octanol–water partition coefficient (Wildman–Crippen LogP) is -0.418. The molecule has 154 valence electrons. The summed E-state index contributed by atoms with van der Waals surface area (Å²) in [7, 11) is -2.50. The second kappa shape index (κ2) is 5.47. The molecule has 2 heterocycles. The lowest BCUT2D eigenvalue weighted by Crippen LogP contribution is -2.79. The molecule has 2 bridgehead atoms. The number of piperidine rings is 1. The zero-order chi connectivity index (χ0) is 20.1. The van der Waals surface area contributed by atoms with Crippen molar-refractivity contribution in [2.75, 3.05) is 19.3 Å². The van der Waals surface area contributed by atoms with Crippen LogP contribution >= 0.6 is 0 Å². The van der Waals surface area contributed by atoms with Crippen molar-refractivity contribution in [3.05, 3.63) is 28.8 Å². The molecule has 2 aliphatic heterocycles. The molecular weight excluding hydrogens is 386 g/mol.